The van der Waals surface area contributed by atoms with E-state index in [-0.39, 0.29) is 31.7 Å². The molecule has 0 aliphatic carbocycles. The van der Waals surface area contributed by atoms with Crippen molar-refractivity contribution >= 4 is 30.1 Å². The van der Waals surface area contributed by atoms with Gasteiger partial charge in [-0.1, -0.05) is 12.2 Å². The molecule has 0 radical (unpaired) electrons. The fourth-order valence-corrected chi connectivity index (χ4v) is 1.95. The number of aromatic amines is 1. The molecule has 6 nitrogen and oxygen atoms in total. The normalized spacial score (nSPS) is 18.6. The van der Waals surface area contributed by atoms with Gasteiger partial charge in [-0.15, -0.1) is 0 Å². The lowest BCUT2D eigenvalue weighted by Gasteiger charge is -2.18. The lowest BCUT2D eigenvalue weighted by Crippen LogP contribution is -3.10. The molecular formula is C9H13ClN4O2S. The number of aliphatic hydroxyl groups excluding tert-OH is 2. The van der Waals surface area contributed by atoms with Crippen molar-refractivity contribution in [3.05, 3.63) is 11.0 Å². The quantitative estimate of drug-likeness (QED) is 0.423. The van der Waals surface area contributed by atoms with Gasteiger partial charge in [-0.3, -0.25) is 4.98 Å². The molecule has 1 aliphatic rings. The SMILES string of the molecule is OCCC(CO)[NH+]1C=Nc2c1[nH]cnc2=S.[Cl-]. The highest BCUT2D eigenvalue weighted by Crippen LogP contribution is 2.21. The van der Waals surface area contributed by atoms with Gasteiger partial charge < -0.3 is 22.6 Å². The predicted molar refractivity (Wildman–Crippen MR) is 60.8 cm³/mol. The van der Waals surface area contributed by atoms with Crippen LogP contribution in [0.2, 0.25) is 0 Å². The van der Waals surface area contributed by atoms with E-state index < -0.39 is 0 Å². The number of fused-ring (bicyclic) bond motifs is 1. The summed E-state index contributed by atoms with van der Waals surface area (Å²) in [5.74, 6) is 0.799. The number of nitrogens with one attached hydrogen (secondary N) is 2. The second kappa shape index (κ2) is 6.18. The van der Waals surface area contributed by atoms with E-state index in [4.69, 9.17) is 17.3 Å². The molecule has 0 saturated heterocycles. The molecule has 2 atom stereocenters. The van der Waals surface area contributed by atoms with E-state index >= 15 is 0 Å². The van der Waals surface area contributed by atoms with Gasteiger partial charge in [0.1, 0.15) is 6.04 Å². The highest BCUT2D eigenvalue weighted by Gasteiger charge is 2.30. The summed E-state index contributed by atoms with van der Waals surface area (Å²) in [7, 11) is 0. The average molecular weight is 277 g/mol. The maximum atomic E-state index is 9.26. The van der Waals surface area contributed by atoms with Gasteiger partial charge in [0, 0.05) is 13.0 Å². The van der Waals surface area contributed by atoms with Crippen LogP contribution in [0, 0.1) is 4.64 Å². The van der Waals surface area contributed by atoms with Gasteiger partial charge >= 0.3 is 0 Å². The van der Waals surface area contributed by atoms with Crippen LogP contribution in [-0.4, -0.2) is 45.8 Å². The van der Waals surface area contributed by atoms with E-state index in [0.29, 0.717) is 16.7 Å². The average Bonchev–Trinajstić information content (AvgIpc) is 2.71. The molecule has 1 aromatic rings. The van der Waals surface area contributed by atoms with Crippen molar-refractivity contribution in [3.8, 4) is 0 Å². The van der Waals surface area contributed by atoms with Crippen LogP contribution in [0.3, 0.4) is 0 Å². The monoisotopic (exact) mass is 276 g/mol. The fourth-order valence-electron chi connectivity index (χ4n) is 1.74. The molecule has 94 valence electrons. The molecule has 1 aliphatic heterocycles. The fraction of sp³-hybridized carbons (Fsp3) is 0.444. The number of H-pyrrole nitrogens is 1. The molecule has 8 heteroatoms. The minimum atomic E-state index is -0.122. The zero-order valence-electron chi connectivity index (χ0n) is 8.93. The standard InChI is InChI=1S/C9H12N4O2S.ClH/c14-2-1-6(3-15)13-5-12-7-8(13)10-4-11-9(7)16;/h4-6,14-15H,1-3H2,(H,10,11,16);1H. The maximum Gasteiger partial charge on any atom is 0.240 e. The molecule has 0 fully saturated rings. The first-order chi connectivity index (χ1) is 7.77. The second-order valence-corrected chi connectivity index (χ2v) is 3.92. The van der Waals surface area contributed by atoms with Crippen molar-refractivity contribution in [2.24, 2.45) is 4.99 Å². The summed E-state index contributed by atoms with van der Waals surface area (Å²) in [6.45, 7) is 0.00793. The summed E-state index contributed by atoms with van der Waals surface area (Å²) in [5.41, 5.74) is 0.642. The van der Waals surface area contributed by atoms with Crippen LogP contribution in [0.1, 0.15) is 6.42 Å². The first kappa shape index (κ1) is 14.2. The second-order valence-electron chi connectivity index (χ2n) is 3.54. The van der Waals surface area contributed by atoms with Crippen LogP contribution in [0.25, 0.3) is 0 Å². The van der Waals surface area contributed by atoms with Gasteiger partial charge in [0.05, 0.1) is 12.9 Å². The number of aliphatic hydroxyl groups is 2. The molecule has 0 aromatic carbocycles. The molecule has 17 heavy (non-hydrogen) atoms. The Morgan fingerprint density at radius 1 is 1.47 bits per heavy atom. The first-order valence-corrected chi connectivity index (χ1v) is 5.39. The van der Waals surface area contributed by atoms with E-state index in [9.17, 15) is 5.11 Å². The molecule has 1 aromatic heterocycles. The number of quaternary nitrogens is 1. The minimum absolute atomic E-state index is 0. The van der Waals surface area contributed by atoms with Crippen LogP contribution in [0.4, 0.5) is 11.5 Å². The van der Waals surface area contributed by atoms with Gasteiger partial charge in [0.25, 0.3) is 0 Å². The third-order valence-corrected chi connectivity index (χ3v) is 2.89. The Morgan fingerprint density at radius 3 is 2.88 bits per heavy atom. The Labute approximate surface area is 109 Å². The Bertz CT molecular complexity index is 465. The Morgan fingerprint density at radius 2 is 2.24 bits per heavy atom. The molecule has 2 rings (SSSR count). The van der Waals surface area contributed by atoms with E-state index in [1.807, 2.05) is 0 Å². The molecule has 0 saturated carbocycles. The number of halogens is 1. The van der Waals surface area contributed by atoms with Crippen LogP contribution >= 0.6 is 12.2 Å². The minimum Gasteiger partial charge on any atom is -1.00 e. The summed E-state index contributed by atoms with van der Waals surface area (Å²) in [5, 5.41) is 18.2. The first-order valence-electron chi connectivity index (χ1n) is 4.98. The van der Waals surface area contributed by atoms with Gasteiger partial charge in [0.15, 0.2) is 16.7 Å². The van der Waals surface area contributed by atoms with Gasteiger partial charge in [-0.05, 0) is 0 Å². The van der Waals surface area contributed by atoms with Gasteiger partial charge in [0.2, 0.25) is 5.82 Å². The number of aliphatic imine (C=N–C) groups is 1. The Balaban J connectivity index is 0.00000144. The summed E-state index contributed by atoms with van der Waals surface area (Å²) < 4.78 is 0.445. The number of aromatic nitrogens is 2. The van der Waals surface area contributed by atoms with Crippen LogP contribution in [0.5, 0.6) is 0 Å². The largest absolute Gasteiger partial charge is 1.00 e. The highest BCUT2D eigenvalue weighted by atomic mass is 35.5. The van der Waals surface area contributed by atoms with Crippen molar-refractivity contribution in [2.45, 2.75) is 12.5 Å². The van der Waals surface area contributed by atoms with Crippen molar-refractivity contribution in [3.63, 3.8) is 0 Å². The number of rotatable bonds is 4. The van der Waals surface area contributed by atoms with Crippen LogP contribution in [0.15, 0.2) is 11.3 Å². The smallest absolute Gasteiger partial charge is 0.240 e. The number of hydrogen-bond acceptors (Lipinski definition) is 5. The molecule has 0 amide bonds. The van der Waals surface area contributed by atoms with Crippen molar-refractivity contribution in [1.82, 2.24) is 9.97 Å². The van der Waals surface area contributed by atoms with Crippen LogP contribution < -0.4 is 17.3 Å². The van der Waals surface area contributed by atoms with E-state index in [1.54, 1.807) is 6.34 Å². The van der Waals surface area contributed by atoms with Crippen molar-refractivity contribution in [2.75, 3.05) is 13.2 Å². The molecule has 2 heterocycles. The lowest BCUT2D eigenvalue weighted by atomic mass is 10.2. The summed E-state index contributed by atoms with van der Waals surface area (Å²) in [4.78, 5) is 12.0. The topological polar surface area (TPSA) is 85.9 Å². The molecular weight excluding hydrogens is 264 g/mol. The molecule has 0 spiro atoms. The zero-order valence-corrected chi connectivity index (χ0v) is 10.5. The van der Waals surface area contributed by atoms with Crippen molar-refractivity contribution in [1.29, 1.82) is 0 Å². The molecule has 2 unspecified atom stereocenters. The number of hydrogen-bond donors (Lipinski definition) is 4. The summed E-state index contributed by atoms with van der Waals surface area (Å²) >= 11 is 5.05. The summed E-state index contributed by atoms with van der Waals surface area (Å²) in [6, 6.07) is -0.122. The van der Waals surface area contributed by atoms with Gasteiger partial charge in [-0.2, -0.15) is 4.99 Å². The molecule has 0 bridgehead atoms. The predicted octanol–water partition coefficient (Wildman–Crippen LogP) is -3.92. The third-order valence-electron chi connectivity index (χ3n) is 2.59. The molecule has 4 N–H and O–H groups in total. The van der Waals surface area contributed by atoms with Crippen molar-refractivity contribution < 1.29 is 27.5 Å². The Kier molecular flexibility index (Phi) is 5.16. The van der Waals surface area contributed by atoms with Crippen LogP contribution in [-0.2, 0) is 0 Å². The van der Waals surface area contributed by atoms with Gasteiger partial charge in [-0.25, -0.2) is 9.88 Å². The maximum absolute atomic E-state index is 9.26. The Hall–Kier alpha value is -0.860. The van der Waals surface area contributed by atoms with E-state index in [1.165, 1.54) is 6.33 Å². The zero-order chi connectivity index (χ0) is 11.5. The summed E-state index contributed by atoms with van der Waals surface area (Å²) in [6.07, 6.45) is 3.69. The number of nitrogens with zero attached hydrogens (tertiary/aromatic N) is 2. The third kappa shape index (κ3) is 2.70. The van der Waals surface area contributed by atoms with E-state index in [2.05, 4.69) is 15.0 Å². The highest BCUT2D eigenvalue weighted by molar-refractivity contribution is 7.71. The lowest BCUT2D eigenvalue weighted by molar-refractivity contribution is -0.758. The van der Waals surface area contributed by atoms with E-state index in [0.717, 1.165) is 10.7 Å².